The van der Waals surface area contributed by atoms with E-state index in [2.05, 4.69) is 5.32 Å². The fraction of sp³-hybridized carbons (Fsp3) is 0.333. The van der Waals surface area contributed by atoms with Crippen LogP contribution in [0.4, 0.5) is 0 Å². The normalized spacial score (nSPS) is 13.2. The van der Waals surface area contributed by atoms with E-state index in [1.54, 1.807) is 18.4 Å². The zero-order valence-corrected chi connectivity index (χ0v) is 12.6. The number of aliphatic hydroxyl groups is 1. The largest absolute Gasteiger partial charge is 0.469 e. The van der Waals surface area contributed by atoms with Crippen molar-refractivity contribution in [1.29, 1.82) is 0 Å². The van der Waals surface area contributed by atoms with Crippen molar-refractivity contribution in [3.63, 3.8) is 0 Å². The first-order valence-electron chi connectivity index (χ1n) is 6.68. The van der Waals surface area contributed by atoms with E-state index in [1.807, 2.05) is 12.1 Å². The minimum atomic E-state index is -3.20. The van der Waals surface area contributed by atoms with Crippen LogP contribution in [0.1, 0.15) is 17.4 Å². The van der Waals surface area contributed by atoms with Gasteiger partial charge >= 0.3 is 0 Å². The van der Waals surface area contributed by atoms with Crippen molar-refractivity contribution < 1.29 is 17.9 Å². The summed E-state index contributed by atoms with van der Waals surface area (Å²) in [5.41, 5.74) is 0.688. The molecule has 2 rings (SSSR count). The standard InChI is InChI=1S/C15H19NO4S/c1-21(18,19)14-6-4-12(5-7-14)15(17)11-16-9-8-13-3-2-10-20-13/h2-7,10,15-17H,8-9,11H2,1H3. The molecule has 0 aliphatic rings. The fourth-order valence-electron chi connectivity index (χ4n) is 1.96. The van der Waals surface area contributed by atoms with Crippen molar-refractivity contribution in [2.75, 3.05) is 19.3 Å². The third kappa shape index (κ3) is 4.70. The molecule has 1 aromatic heterocycles. The maximum atomic E-state index is 11.4. The molecule has 0 saturated carbocycles. The Morgan fingerprint density at radius 1 is 1.24 bits per heavy atom. The van der Waals surface area contributed by atoms with E-state index in [1.165, 1.54) is 12.1 Å². The van der Waals surface area contributed by atoms with Crippen LogP contribution in [-0.2, 0) is 16.3 Å². The van der Waals surface area contributed by atoms with Crippen LogP contribution in [0.3, 0.4) is 0 Å². The number of aliphatic hydroxyl groups excluding tert-OH is 1. The van der Waals surface area contributed by atoms with Gasteiger partial charge in [0.1, 0.15) is 5.76 Å². The molecule has 5 nitrogen and oxygen atoms in total. The smallest absolute Gasteiger partial charge is 0.175 e. The Hall–Kier alpha value is -1.63. The number of hydrogen-bond acceptors (Lipinski definition) is 5. The predicted molar refractivity (Wildman–Crippen MR) is 79.8 cm³/mol. The summed E-state index contributed by atoms with van der Waals surface area (Å²) in [6.07, 6.45) is 2.88. The molecule has 2 aromatic rings. The molecule has 1 aromatic carbocycles. The van der Waals surface area contributed by atoms with Crippen LogP contribution in [0, 0.1) is 0 Å². The number of rotatable bonds is 7. The van der Waals surface area contributed by atoms with Crippen molar-refractivity contribution in [3.8, 4) is 0 Å². The summed E-state index contributed by atoms with van der Waals surface area (Å²) >= 11 is 0. The summed E-state index contributed by atoms with van der Waals surface area (Å²) in [6, 6.07) is 10.0. The Labute approximate surface area is 124 Å². The van der Waals surface area contributed by atoms with E-state index in [-0.39, 0.29) is 4.90 Å². The second-order valence-electron chi connectivity index (χ2n) is 4.89. The molecule has 1 heterocycles. The minimum Gasteiger partial charge on any atom is -0.469 e. The van der Waals surface area contributed by atoms with Crippen LogP contribution in [0.2, 0.25) is 0 Å². The van der Waals surface area contributed by atoms with Gasteiger partial charge in [0, 0.05) is 25.8 Å². The number of sulfone groups is 1. The maximum absolute atomic E-state index is 11.4. The number of benzene rings is 1. The second-order valence-corrected chi connectivity index (χ2v) is 6.91. The molecule has 0 saturated heterocycles. The van der Waals surface area contributed by atoms with Gasteiger partial charge in [-0.05, 0) is 29.8 Å². The van der Waals surface area contributed by atoms with Crippen LogP contribution in [0.5, 0.6) is 0 Å². The Morgan fingerprint density at radius 2 is 1.95 bits per heavy atom. The number of furan rings is 1. The van der Waals surface area contributed by atoms with E-state index < -0.39 is 15.9 Å². The van der Waals surface area contributed by atoms with Gasteiger partial charge in [-0.25, -0.2) is 8.42 Å². The second kappa shape index (κ2) is 6.89. The Balaban J connectivity index is 1.81. The van der Waals surface area contributed by atoms with E-state index in [4.69, 9.17) is 4.42 Å². The summed E-state index contributed by atoms with van der Waals surface area (Å²) in [4.78, 5) is 0.254. The molecular formula is C15H19NO4S. The van der Waals surface area contributed by atoms with Gasteiger partial charge < -0.3 is 14.8 Å². The van der Waals surface area contributed by atoms with Crippen LogP contribution in [-0.4, -0.2) is 32.9 Å². The first-order chi connectivity index (χ1) is 9.97. The van der Waals surface area contributed by atoms with E-state index in [9.17, 15) is 13.5 Å². The Morgan fingerprint density at radius 3 is 2.52 bits per heavy atom. The molecule has 0 aliphatic heterocycles. The monoisotopic (exact) mass is 309 g/mol. The van der Waals surface area contributed by atoms with E-state index in [0.29, 0.717) is 18.7 Å². The lowest BCUT2D eigenvalue weighted by Crippen LogP contribution is -2.23. The van der Waals surface area contributed by atoms with Crippen molar-refractivity contribution >= 4 is 9.84 Å². The molecule has 0 bridgehead atoms. The van der Waals surface area contributed by atoms with E-state index >= 15 is 0 Å². The molecule has 0 amide bonds. The number of hydrogen-bond donors (Lipinski definition) is 2. The molecule has 114 valence electrons. The van der Waals surface area contributed by atoms with Gasteiger partial charge in [-0.15, -0.1) is 0 Å². The molecule has 2 N–H and O–H groups in total. The lowest BCUT2D eigenvalue weighted by Gasteiger charge is -2.12. The average molecular weight is 309 g/mol. The molecule has 0 radical (unpaired) electrons. The molecule has 1 unspecified atom stereocenters. The summed E-state index contributed by atoms with van der Waals surface area (Å²) in [5, 5.41) is 13.2. The molecular weight excluding hydrogens is 290 g/mol. The van der Waals surface area contributed by atoms with Gasteiger partial charge in [0.15, 0.2) is 9.84 Å². The quantitative estimate of drug-likeness (QED) is 0.759. The number of nitrogens with one attached hydrogen (secondary N) is 1. The SMILES string of the molecule is CS(=O)(=O)c1ccc(C(O)CNCCc2ccco2)cc1. The first kappa shape index (κ1) is 15.8. The van der Waals surface area contributed by atoms with Crippen molar-refractivity contribution in [2.45, 2.75) is 17.4 Å². The third-order valence-corrected chi connectivity index (χ3v) is 4.29. The first-order valence-corrected chi connectivity index (χ1v) is 8.57. The molecule has 21 heavy (non-hydrogen) atoms. The zero-order chi connectivity index (χ0) is 15.3. The van der Waals surface area contributed by atoms with Gasteiger partial charge in [0.25, 0.3) is 0 Å². The van der Waals surface area contributed by atoms with E-state index in [0.717, 1.165) is 18.4 Å². The van der Waals surface area contributed by atoms with Gasteiger partial charge in [-0.3, -0.25) is 0 Å². The molecule has 0 fully saturated rings. The van der Waals surface area contributed by atoms with Crippen molar-refractivity contribution in [1.82, 2.24) is 5.32 Å². The van der Waals surface area contributed by atoms with Crippen molar-refractivity contribution in [3.05, 3.63) is 54.0 Å². The maximum Gasteiger partial charge on any atom is 0.175 e. The zero-order valence-electron chi connectivity index (χ0n) is 11.8. The van der Waals surface area contributed by atoms with Gasteiger partial charge in [0.2, 0.25) is 0 Å². The van der Waals surface area contributed by atoms with Gasteiger partial charge in [0.05, 0.1) is 17.3 Å². The lowest BCUT2D eigenvalue weighted by atomic mass is 10.1. The van der Waals surface area contributed by atoms with Gasteiger partial charge in [-0.1, -0.05) is 12.1 Å². The van der Waals surface area contributed by atoms with Crippen LogP contribution in [0.25, 0.3) is 0 Å². The molecule has 1 atom stereocenters. The summed E-state index contributed by atoms with van der Waals surface area (Å²) in [6.45, 7) is 1.10. The molecule has 0 spiro atoms. The summed E-state index contributed by atoms with van der Waals surface area (Å²) in [5.74, 6) is 0.898. The molecule has 0 aliphatic carbocycles. The van der Waals surface area contributed by atoms with Gasteiger partial charge in [-0.2, -0.15) is 0 Å². The lowest BCUT2D eigenvalue weighted by molar-refractivity contribution is 0.175. The summed E-state index contributed by atoms with van der Waals surface area (Å²) in [7, 11) is -3.20. The highest BCUT2D eigenvalue weighted by Crippen LogP contribution is 2.16. The highest BCUT2D eigenvalue weighted by molar-refractivity contribution is 7.90. The van der Waals surface area contributed by atoms with Crippen molar-refractivity contribution in [2.24, 2.45) is 0 Å². The van der Waals surface area contributed by atoms with Crippen LogP contribution >= 0.6 is 0 Å². The minimum absolute atomic E-state index is 0.254. The highest BCUT2D eigenvalue weighted by Gasteiger charge is 2.10. The average Bonchev–Trinajstić information content (AvgIpc) is 2.96. The highest BCUT2D eigenvalue weighted by atomic mass is 32.2. The fourth-order valence-corrected chi connectivity index (χ4v) is 2.59. The predicted octanol–water partition coefficient (Wildman–Crippen LogP) is 1.55. The molecule has 6 heteroatoms. The van der Waals surface area contributed by atoms with Crippen LogP contribution in [0.15, 0.2) is 52.0 Å². The Bertz CT molecular complexity index is 647. The Kier molecular flexibility index (Phi) is 5.17. The summed E-state index contributed by atoms with van der Waals surface area (Å²) < 4.78 is 27.9. The van der Waals surface area contributed by atoms with Crippen LogP contribution < -0.4 is 5.32 Å². The topological polar surface area (TPSA) is 79.5 Å². The third-order valence-electron chi connectivity index (χ3n) is 3.16.